The molecule has 0 saturated carbocycles. The number of ether oxygens (including phenoxy) is 2. The standard InChI is InChI=1S/C30H34F3N5O5S.C30H36F3N5O4S/c1-5-43-27(40)21-19(35-24(25-34-10-12-44-25)36-23(21)17-7-6-8-18(31)16(17)2)13-38-15-30(32,33)22-20(38)9-11-37(26(22)39)14-29(3,4)28(41)42;1-5-42-27(39)23-21(35-25(26-34-10-12-43-26)36-24(23)18-7-6-8-20(31)17(18)2)14-38-16-30(32,33)19-13-37(11-9-22(19)38)15-29(3,4)28(40)41/h6-8,10,12,20,22-23H,5,9,11,13-15H2,1-4H3,(H,35,36)(H,41,42);6-8,10,12,19,22,24H,5,9,11,13-16H2,1-4H3,(H,35,36)(H,40,41). The Kier molecular flexibility index (Phi) is 18.9. The van der Waals surface area contributed by atoms with E-state index in [1.165, 1.54) is 64.5 Å². The smallest absolute Gasteiger partial charge is 0.338 e. The Balaban J connectivity index is 0.000000208. The van der Waals surface area contributed by atoms with E-state index in [9.17, 15) is 43.0 Å². The molecular weight excluding hydrogens is 1180 g/mol. The van der Waals surface area contributed by atoms with E-state index in [-0.39, 0.29) is 81.3 Å². The molecule has 27 heteroatoms. The summed E-state index contributed by atoms with van der Waals surface area (Å²) < 4.78 is 103. The molecule has 87 heavy (non-hydrogen) atoms. The van der Waals surface area contributed by atoms with Gasteiger partial charge in [0.15, 0.2) is 21.7 Å². The van der Waals surface area contributed by atoms with Gasteiger partial charge >= 0.3 is 23.9 Å². The first kappa shape index (κ1) is 64.4. The number of carboxylic acid groups (broad SMARTS) is 2. The van der Waals surface area contributed by atoms with Crippen molar-refractivity contribution in [3.8, 4) is 0 Å². The number of amidine groups is 2. The number of fused-ring (bicyclic) bond motifs is 2. The zero-order valence-corrected chi connectivity index (χ0v) is 51.0. The largest absolute Gasteiger partial charge is 0.481 e. The minimum Gasteiger partial charge on any atom is -0.481 e. The Morgan fingerprint density at radius 1 is 0.690 bits per heavy atom. The van der Waals surface area contributed by atoms with E-state index < -0.39 is 113 Å². The number of halogens is 6. The van der Waals surface area contributed by atoms with Gasteiger partial charge in [-0.1, -0.05) is 24.3 Å². The van der Waals surface area contributed by atoms with Crippen LogP contribution in [0.5, 0.6) is 0 Å². The molecule has 0 radical (unpaired) electrons. The minimum atomic E-state index is -3.40. The van der Waals surface area contributed by atoms with Gasteiger partial charge in [0, 0.05) is 85.9 Å². The topological polar surface area (TPSA) is 232 Å². The number of hydrogen-bond donors (Lipinski definition) is 4. The molecule has 2 aromatic carbocycles. The zero-order chi connectivity index (χ0) is 63.1. The van der Waals surface area contributed by atoms with Crippen LogP contribution in [0.4, 0.5) is 26.3 Å². The number of amides is 1. The van der Waals surface area contributed by atoms with Crippen LogP contribution in [-0.4, -0.2) is 177 Å². The van der Waals surface area contributed by atoms with E-state index in [0.29, 0.717) is 57.0 Å². The normalized spacial score (nSPS) is 24.0. The first-order valence-electron chi connectivity index (χ1n) is 28.6. The van der Waals surface area contributed by atoms with E-state index in [2.05, 4.69) is 20.6 Å². The van der Waals surface area contributed by atoms with Crippen LogP contribution in [0.25, 0.3) is 0 Å². The van der Waals surface area contributed by atoms with Gasteiger partial charge in [0.25, 0.3) is 11.8 Å². The molecule has 0 spiro atoms. The first-order chi connectivity index (χ1) is 41.1. The number of aliphatic carboxylic acids is 2. The molecule has 468 valence electrons. The summed E-state index contributed by atoms with van der Waals surface area (Å²) in [5.74, 6) is -13.7. The Hall–Kier alpha value is -7.07. The summed E-state index contributed by atoms with van der Waals surface area (Å²) in [4.78, 5) is 88.1. The van der Waals surface area contributed by atoms with Crippen LogP contribution in [0.1, 0.15) is 98.7 Å². The van der Waals surface area contributed by atoms with E-state index in [1.807, 2.05) is 4.90 Å². The van der Waals surface area contributed by atoms with Crippen LogP contribution in [0.2, 0.25) is 0 Å². The zero-order valence-electron chi connectivity index (χ0n) is 49.3. The average molecular weight is 1250 g/mol. The molecule has 19 nitrogen and oxygen atoms in total. The van der Waals surface area contributed by atoms with Crippen molar-refractivity contribution in [3.05, 3.63) is 126 Å². The number of piperidine rings is 2. The van der Waals surface area contributed by atoms with Gasteiger partial charge < -0.3 is 40.1 Å². The van der Waals surface area contributed by atoms with Crippen molar-refractivity contribution >= 4 is 64.1 Å². The molecule has 4 fully saturated rings. The Labute approximate surface area is 507 Å². The second kappa shape index (κ2) is 25.6. The predicted octanol–water partition coefficient (Wildman–Crippen LogP) is 8.03. The van der Waals surface area contributed by atoms with E-state index in [4.69, 9.17) is 19.5 Å². The lowest BCUT2D eigenvalue weighted by molar-refractivity contribution is -0.157. The van der Waals surface area contributed by atoms with Crippen molar-refractivity contribution < 1.29 is 70.0 Å². The number of carbonyl (C=O) groups excluding carboxylic acids is 3. The maximum atomic E-state index is 15.6. The number of aliphatic imine (C=N–C) groups is 2. The molecule has 6 atom stereocenters. The number of likely N-dealkylation sites (tertiary alicyclic amines) is 4. The summed E-state index contributed by atoms with van der Waals surface area (Å²) in [6.45, 7) is 11.9. The lowest BCUT2D eigenvalue weighted by Crippen LogP contribution is -2.55. The molecule has 10 rings (SSSR count). The van der Waals surface area contributed by atoms with Gasteiger partial charge in [-0.2, -0.15) is 0 Å². The highest BCUT2D eigenvalue weighted by atomic mass is 32.1. The van der Waals surface area contributed by atoms with Crippen LogP contribution < -0.4 is 10.6 Å². The summed E-state index contributed by atoms with van der Waals surface area (Å²) in [5, 5.41) is 30.0. The van der Waals surface area contributed by atoms with Crippen LogP contribution in [0.15, 0.2) is 92.1 Å². The van der Waals surface area contributed by atoms with E-state index in [1.54, 1.807) is 87.8 Å². The lowest BCUT2D eigenvalue weighted by Gasteiger charge is -2.41. The van der Waals surface area contributed by atoms with Crippen molar-refractivity contribution in [1.82, 2.24) is 40.2 Å². The van der Waals surface area contributed by atoms with Gasteiger partial charge in [-0.3, -0.25) is 34.2 Å². The number of nitrogens with one attached hydrogen (secondary N) is 2. The fraction of sp³-hybridized carbons (Fsp3) is 0.517. The van der Waals surface area contributed by atoms with Gasteiger partial charge in [0.1, 0.15) is 29.6 Å². The Bertz CT molecular complexity index is 3410. The number of alkyl halides is 4. The van der Waals surface area contributed by atoms with Crippen LogP contribution in [-0.2, 0) is 33.4 Å². The van der Waals surface area contributed by atoms with Crippen molar-refractivity contribution in [2.75, 3.05) is 72.1 Å². The summed E-state index contributed by atoms with van der Waals surface area (Å²) in [6, 6.07) is 5.73. The Morgan fingerprint density at radius 2 is 1.15 bits per heavy atom. The summed E-state index contributed by atoms with van der Waals surface area (Å²) >= 11 is 2.61. The molecule has 6 aliphatic heterocycles. The number of carboxylic acids is 2. The molecule has 6 unspecified atom stereocenters. The van der Waals surface area contributed by atoms with E-state index >= 15 is 17.6 Å². The Morgan fingerprint density at radius 3 is 1.61 bits per heavy atom. The summed E-state index contributed by atoms with van der Waals surface area (Å²) in [5.41, 5.74) is -0.0968. The second-order valence-electron chi connectivity index (χ2n) is 23.8. The molecule has 0 aliphatic carbocycles. The first-order valence-corrected chi connectivity index (χ1v) is 30.3. The predicted molar refractivity (Wildman–Crippen MR) is 311 cm³/mol. The molecule has 4 saturated heterocycles. The molecule has 6 aliphatic rings. The highest BCUT2D eigenvalue weighted by Gasteiger charge is 2.61. The lowest BCUT2D eigenvalue weighted by atomic mass is 9.86. The minimum absolute atomic E-state index is 0.0131. The number of thiazole rings is 2. The van der Waals surface area contributed by atoms with Gasteiger partial charge in [0.05, 0.1) is 54.2 Å². The van der Waals surface area contributed by atoms with E-state index in [0.717, 1.165) is 0 Å². The number of carbonyl (C=O) groups is 5. The van der Waals surface area contributed by atoms with Gasteiger partial charge in [0.2, 0.25) is 5.91 Å². The quantitative estimate of drug-likeness (QED) is 0.0546. The number of aromatic nitrogens is 2. The molecule has 8 heterocycles. The maximum absolute atomic E-state index is 15.6. The number of hydrogen-bond acceptors (Lipinski definition) is 18. The van der Waals surface area contributed by atoms with Crippen LogP contribution in [0, 0.1) is 48.1 Å². The van der Waals surface area contributed by atoms with Gasteiger partial charge in [-0.25, -0.2) is 45.9 Å². The van der Waals surface area contributed by atoms with Crippen LogP contribution >= 0.6 is 22.7 Å². The maximum Gasteiger partial charge on any atom is 0.338 e. The average Bonchev–Trinajstić information content (AvgIpc) is 1.76. The molecule has 2 aromatic heterocycles. The van der Waals surface area contributed by atoms with Crippen molar-refractivity contribution in [2.45, 2.75) is 104 Å². The van der Waals surface area contributed by atoms with Crippen molar-refractivity contribution in [3.63, 3.8) is 0 Å². The molecule has 1 amide bonds. The van der Waals surface area contributed by atoms with Crippen molar-refractivity contribution in [1.29, 1.82) is 0 Å². The second-order valence-corrected chi connectivity index (χ2v) is 25.6. The fourth-order valence-corrected chi connectivity index (χ4v) is 13.6. The van der Waals surface area contributed by atoms with Crippen molar-refractivity contribution in [2.24, 2.45) is 32.7 Å². The summed E-state index contributed by atoms with van der Waals surface area (Å²) in [6.07, 6.45) is 3.79. The fourth-order valence-electron chi connectivity index (χ4n) is 12.4. The molecule has 4 aromatic rings. The third-order valence-electron chi connectivity index (χ3n) is 16.9. The van der Waals surface area contributed by atoms with Gasteiger partial charge in [-0.15, -0.1) is 22.7 Å². The molecular formula is C60H70F6N10O9S2. The van der Waals surface area contributed by atoms with Crippen LogP contribution in [0.3, 0.4) is 0 Å². The number of nitrogens with zero attached hydrogens (tertiary/aromatic N) is 8. The number of benzene rings is 2. The summed E-state index contributed by atoms with van der Waals surface area (Å²) in [7, 11) is 0. The SMILES string of the molecule is CCOC(=O)C1=C(CN2CC(F)(F)C3C(=O)N(CC(C)(C)C(=O)O)CCC32)NC(c2nccs2)=NC1c1cccc(F)c1C.CCOC(=O)C1=C(CN2CC(F)(F)C3CN(CC(C)(C)C(=O)O)CCC32)NC(c2nccs2)=NC1c1cccc(F)c1C. The highest BCUT2D eigenvalue weighted by Crippen LogP contribution is 2.47. The number of esters is 2. The molecule has 4 N–H and O–H groups in total. The number of rotatable bonds is 18. The third kappa shape index (κ3) is 13.4. The third-order valence-corrected chi connectivity index (χ3v) is 18.4. The monoisotopic (exact) mass is 1250 g/mol. The molecule has 0 bridgehead atoms. The van der Waals surface area contributed by atoms with Gasteiger partial charge in [-0.05, 0) is 109 Å². The highest BCUT2D eigenvalue weighted by molar-refractivity contribution is 7.12.